The summed E-state index contributed by atoms with van der Waals surface area (Å²) in [5.41, 5.74) is 0.986. The molecule has 1 rings (SSSR count). The molecular weight excluding hydrogens is 192 g/mol. The van der Waals surface area contributed by atoms with Gasteiger partial charge in [-0.1, -0.05) is 6.07 Å². The minimum Gasteiger partial charge on any atom is -0.496 e. The number of alkyl halides is 1. The molecule has 0 bridgehead atoms. The van der Waals surface area contributed by atoms with Crippen LogP contribution in [0.5, 0.6) is 5.75 Å². The summed E-state index contributed by atoms with van der Waals surface area (Å²) in [5, 5.41) is 8.68. The molecule has 0 unspecified atom stereocenters. The van der Waals surface area contributed by atoms with Crippen molar-refractivity contribution in [3.05, 3.63) is 29.3 Å². The van der Waals surface area contributed by atoms with Crippen molar-refractivity contribution in [3.8, 4) is 5.75 Å². The topological polar surface area (TPSA) is 46.5 Å². The summed E-state index contributed by atoms with van der Waals surface area (Å²) < 4.78 is 4.98. The van der Waals surface area contributed by atoms with Crippen molar-refractivity contribution in [2.75, 3.05) is 7.11 Å². The third kappa shape index (κ3) is 2.12. The monoisotopic (exact) mass is 200 g/mol. The molecule has 0 aliphatic heterocycles. The average Bonchev–Trinajstić information content (AvgIpc) is 2.16. The van der Waals surface area contributed by atoms with Crippen LogP contribution in [0.15, 0.2) is 18.2 Å². The fourth-order valence-corrected chi connectivity index (χ4v) is 1.21. The van der Waals surface area contributed by atoms with Gasteiger partial charge in [0, 0.05) is 5.56 Å². The molecule has 0 fully saturated rings. The van der Waals surface area contributed by atoms with Crippen molar-refractivity contribution in [3.63, 3.8) is 0 Å². The number of benzene rings is 1. The van der Waals surface area contributed by atoms with Crippen LogP contribution < -0.4 is 4.74 Å². The Labute approximate surface area is 80.9 Å². The van der Waals surface area contributed by atoms with E-state index in [1.807, 2.05) is 0 Å². The van der Waals surface area contributed by atoms with Crippen molar-refractivity contribution in [1.82, 2.24) is 0 Å². The van der Waals surface area contributed by atoms with Crippen molar-refractivity contribution < 1.29 is 14.6 Å². The second-order valence-electron chi connectivity index (χ2n) is 2.47. The van der Waals surface area contributed by atoms with Crippen molar-refractivity contribution in [1.29, 1.82) is 0 Å². The van der Waals surface area contributed by atoms with E-state index in [9.17, 15) is 4.79 Å². The number of hydrogen-bond donors (Lipinski definition) is 1. The molecule has 3 nitrogen and oxygen atoms in total. The fraction of sp³-hybridized carbons (Fsp3) is 0.222. The Balaban J connectivity index is 3.13. The van der Waals surface area contributed by atoms with Crippen LogP contribution in [0, 0.1) is 0 Å². The number of ether oxygens (including phenoxy) is 1. The second kappa shape index (κ2) is 4.14. The predicted molar refractivity (Wildman–Crippen MR) is 49.5 cm³/mol. The zero-order chi connectivity index (χ0) is 9.84. The number of carboxylic acid groups (broad SMARTS) is 1. The molecule has 0 spiro atoms. The zero-order valence-electron chi connectivity index (χ0n) is 7.08. The van der Waals surface area contributed by atoms with E-state index in [2.05, 4.69) is 0 Å². The van der Waals surface area contributed by atoms with Crippen molar-refractivity contribution in [2.24, 2.45) is 0 Å². The number of methoxy groups -OCH3 is 1. The number of aromatic carboxylic acids is 1. The molecule has 0 atom stereocenters. The van der Waals surface area contributed by atoms with Crippen LogP contribution in [0.2, 0.25) is 0 Å². The van der Waals surface area contributed by atoms with E-state index in [1.54, 1.807) is 6.07 Å². The summed E-state index contributed by atoms with van der Waals surface area (Å²) in [7, 11) is 1.48. The number of carboxylic acids is 1. The molecule has 1 aromatic carbocycles. The maximum Gasteiger partial charge on any atom is 0.335 e. The molecule has 0 aromatic heterocycles. The fourth-order valence-electron chi connectivity index (χ4n) is 0.988. The Hall–Kier alpha value is -1.22. The number of carbonyl (C=O) groups is 1. The molecule has 4 heteroatoms. The lowest BCUT2D eigenvalue weighted by atomic mass is 10.1. The van der Waals surface area contributed by atoms with Gasteiger partial charge in [0.15, 0.2) is 0 Å². The molecule has 0 aliphatic carbocycles. The van der Waals surface area contributed by atoms with E-state index in [0.29, 0.717) is 11.6 Å². The maximum absolute atomic E-state index is 10.6. The SMILES string of the molecule is COc1cc(C(=O)O)ccc1CCl. The summed E-state index contributed by atoms with van der Waals surface area (Å²) in [4.78, 5) is 10.6. The lowest BCUT2D eigenvalue weighted by molar-refractivity contribution is 0.0696. The van der Waals surface area contributed by atoms with Gasteiger partial charge in [-0.05, 0) is 12.1 Å². The first kappa shape index (κ1) is 9.86. The molecule has 1 aromatic rings. The normalized spacial score (nSPS) is 9.69. The van der Waals surface area contributed by atoms with Gasteiger partial charge >= 0.3 is 5.97 Å². The molecule has 0 radical (unpaired) electrons. The molecule has 13 heavy (non-hydrogen) atoms. The van der Waals surface area contributed by atoms with E-state index >= 15 is 0 Å². The van der Waals surface area contributed by atoms with Crippen LogP contribution in [0.1, 0.15) is 15.9 Å². The minimum absolute atomic E-state index is 0.200. The van der Waals surface area contributed by atoms with E-state index in [4.69, 9.17) is 21.4 Å². The minimum atomic E-state index is -0.973. The molecule has 0 aliphatic rings. The Morgan fingerprint density at radius 3 is 2.77 bits per heavy atom. The van der Waals surface area contributed by atoms with Gasteiger partial charge in [0.1, 0.15) is 5.75 Å². The highest BCUT2D eigenvalue weighted by Crippen LogP contribution is 2.21. The van der Waals surface area contributed by atoms with Gasteiger partial charge in [0.2, 0.25) is 0 Å². The molecule has 0 saturated carbocycles. The maximum atomic E-state index is 10.6. The van der Waals surface area contributed by atoms with Crippen LogP contribution in [0.25, 0.3) is 0 Å². The molecule has 1 N–H and O–H groups in total. The standard InChI is InChI=1S/C9H9ClO3/c1-13-8-4-6(9(11)12)2-3-7(8)5-10/h2-4H,5H2,1H3,(H,11,12). The largest absolute Gasteiger partial charge is 0.496 e. The highest BCUT2D eigenvalue weighted by Gasteiger charge is 2.07. The van der Waals surface area contributed by atoms with E-state index < -0.39 is 5.97 Å². The highest BCUT2D eigenvalue weighted by atomic mass is 35.5. The molecular formula is C9H9ClO3. The van der Waals surface area contributed by atoms with E-state index in [1.165, 1.54) is 19.2 Å². The van der Waals surface area contributed by atoms with Gasteiger partial charge in [-0.15, -0.1) is 11.6 Å². The number of rotatable bonds is 3. The lowest BCUT2D eigenvalue weighted by Gasteiger charge is -2.05. The van der Waals surface area contributed by atoms with Gasteiger partial charge in [-0.25, -0.2) is 4.79 Å². The quantitative estimate of drug-likeness (QED) is 0.761. The average molecular weight is 201 g/mol. The highest BCUT2D eigenvalue weighted by molar-refractivity contribution is 6.17. The first-order chi connectivity index (χ1) is 6.19. The van der Waals surface area contributed by atoms with Crippen LogP contribution in [-0.4, -0.2) is 18.2 Å². The smallest absolute Gasteiger partial charge is 0.335 e. The Morgan fingerprint density at radius 1 is 1.62 bits per heavy atom. The van der Waals surface area contributed by atoms with E-state index in [0.717, 1.165) is 5.56 Å². The lowest BCUT2D eigenvalue weighted by Crippen LogP contribution is -1.98. The third-order valence-electron chi connectivity index (χ3n) is 1.68. The van der Waals surface area contributed by atoms with Gasteiger partial charge in [-0.3, -0.25) is 0 Å². The zero-order valence-corrected chi connectivity index (χ0v) is 7.84. The third-order valence-corrected chi connectivity index (χ3v) is 1.97. The molecule has 70 valence electrons. The van der Waals surface area contributed by atoms with Gasteiger partial charge in [-0.2, -0.15) is 0 Å². The number of hydrogen-bond acceptors (Lipinski definition) is 2. The summed E-state index contributed by atoms with van der Waals surface area (Å²) in [6.45, 7) is 0. The summed E-state index contributed by atoms with van der Waals surface area (Å²) in [5.74, 6) is -0.155. The molecule has 0 amide bonds. The Kier molecular flexibility index (Phi) is 3.14. The number of halogens is 1. The first-order valence-corrected chi connectivity index (χ1v) is 4.18. The first-order valence-electron chi connectivity index (χ1n) is 3.65. The Bertz CT molecular complexity index is 323. The van der Waals surface area contributed by atoms with Crippen molar-refractivity contribution in [2.45, 2.75) is 5.88 Å². The van der Waals surface area contributed by atoms with E-state index in [-0.39, 0.29) is 5.56 Å². The van der Waals surface area contributed by atoms with Crippen LogP contribution >= 0.6 is 11.6 Å². The summed E-state index contributed by atoms with van der Waals surface area (Å²) in [6, 6.07) is 4.61. The molecule has 0 heterocycles. The van der Waals surface area contributed by atoms with Gasteiger partial charge < -0.3 is 9.84 Å². The predicted octanol–water partition coefficient (Wildman–Crippen LogP) is 2.13. The summed E-state index contributed by atoms with van der Waals surface area (Å²) >= 11 is 5.62. The van der Waals surface area contributed by atoms with Crippen LogP contribution in [0.4, 0.5) is 0 Å². The van der Waals surface area contributed by atoms with Crippen LogP contribution in [0.3, 0.4) is 0 Å². The van der Waals surface area contributed by atoms with Gasteiger partial charge in [0.05, 0.1) is 18.6 Å². The van der Waals surface area contributed by atoms with Crippen molar-refractivity contribution >= 4 is 17.6 Å². The van der Waals surface area contributed by atoms with Gasteiger partial charge in [0.25, 0.3) is 0 Å². The summed E-state index contributed by atoms with van der Waals surface area (Å²) in [6.07, 6.45) is 0. The second-order valence-corrected chi connectivity index (χ2v) is 2.73. The Morgan fingerprint density at radius 2 is 2.31 bits per heavy atom. The van der Waals surface area contributed by atoms with Crippen LogP contribution in [-0.2, 0) is 5.88 Å². The molecule has 0 saturated heterocycles.